The molecule has 0 saturated heterocycles. The van der Waals surface area contributed by atoms with Crippen LogP contribution < -0.4 is 14.6 Å². The van der Waals surface area contributed by atoms with E-state index in [1.54, 1.807) is 6.92 Å². The van der Waals surface area contributed by atoms with E-state index in [-0.39, 0.29) is 6.42 Å². The second-order valence-corrected chi connectivity index (χ2v) is 3.84. The van der Waals surface area contributed by atoms with E-state index in [4.69, 9.17) is 0 Å². The number of rotatable bonds is 2. The fourth-order valence-electron chi connectivity index (χ4n) is 0.454. The van der Waals surface area contributed by atoms with Crippen LogP contribution in [0.5, 0.6) is 0 Å². The van der Waals surface area contributed by atoms with Crippen molar-refractivity contribution in [2.75, 3.05) is 0 Å². The monoisotopic (exact) mass is 207 g/mol. The Kier molecular flexibility index (Phi) is 2.77. The summed E-state index contributed by atoms with van der Waals surface area (Å²) < 4.78 is 0.473. The fourth-order valence-corrected chi connectivity index (χ4v) is 1.86. The Labute approximate surface area is 74.2 Å². The van der Waals surface area contributed by atoms with Crippen LogP contribution in [0.3, 0.4) is 0 Å². The average molecular weight is 207 g/mol. The van der Waals surface area contributed by atoms with Crippen LogP contribution in [0.2, 0.25) is 0 Å². The van der Waals surface area contributed by atoms with E-state index in [1.807, 2.05) is 0 Å². The Balaban J connectivity index is 2.96. The lowest BCUT2D eigenvalue weighted by atomic mass is 10.5. The SMILES string of the molecule is CCC(=O)On1c(=O)ssc1=O. The average Bonchev–Trinajstić information content (AvgIpc) is 2.35. The number of hydrogen-bond donors (Lipinski definition) is 0. The van der Waals surface area contributed by atoms with Gasteiger partial charge in [0.15, 0.2) is 0 Å². The smallest absolute Gasteiger partial charge is 0.328 e. The molecule has 0 bridgehead atoms. The van der Waals surface area contributed by atoms with Gasteiger partial charge >= 0.3 is 15.7 Å². The highest BCUT2D eigenvalue weighted by molar-refractivity contribution is 7.67. The normalized spacial score (nSPS) is 9.75. The van der Waals surface area contributed by atoms with Gasteiger partial charge in [-0.15, -0.1) is 0 Å². The van der Waals surface area contributed by atoms with Crippen molar-refractivity contribution in [3.05, 3.63) is 19.3 Å². The summed E-state index contributed by atoms with van der Waals surface area (Å²) >= 11 is 0. The molecule has 0 saturated carbocycles. The highest BCUT2D eigenvalue weighted by atomic mass is 32.9. The van der Waals surface area contributed by atoms with E-state index in [0.29, 0.717) is 4.73 Å². The quantitative estimate of drug-likeness (QED) is 0.624. The van der Waals surface area contributed by atoms with Crippen LogP contribution in [0.1, 0.15) is 13.3 Å². The molecule has 12 heavy (non-hydrogen) atoms. The molecule has 1 heterocycles. The van der Waals surface area contributed by atoms with Crippen LogP contribution in [-0.2, 0) is 4.79 Å². The zero-order valence-corrected chi connectivity index (χ0v) is 7.74. The van der Waals surface area contributed by atoms with Crippen molar-refractivity contribution in [1.82, 2.24) is 4.73 Å². The van der Waals surface area contributed by atoms with Gasteiger partial charge < -0.3 is 4.84 Å². The molecular weight excluding hydrogens is 202 g/mol. The minimum atomic E-state index is -0.597. The van der Waals surface area contributed by atoms with E-state index < -0.39 is 15.7 Å². The lowest BCUT2D eigenvalue weighted by Crippen LogP contribution is -2.34. The fraction of sp³-hybridized carbons (Fsp3) is 0.400. The first-order chi connectivity index (χ1) is 5.65. The lowest BCUT2D eigenvalue weighted by molar-refractivity contribution is -0.144. The molecule has 1 aromatic heterocycles. The van der Waals surface area contributed by atoms with Crippen molar-refractivity contribution in [2.24, 2.45) is 0 Å². The Morgan fingerprint density at radius 3 is 2.33 bits per heavy atom. The Morgan fingerprint density at radius 2 is 1.92 bits per heavy atom. The largest absolute Gasteiger partial charge is 0.354 e. The van der Waals surface area contributed by atoms with Gasteiger partial charge in [0.25, 0.3) is 0 Å². The van der Waals surface area contributed by atoms with Crippen molar-refractivity contribution < 1.29 is 9.63 Å². The first-order valence-corrected chi connectivity index (χ1v) is 5.23. The third-order valence-corrected chi connectivity index (χ3v) is 2.80. The van der Waals surface area contributed by atoms with Crippen molar-refractivity contribution in [1.29, 1.82) is 0 Å². The zero-order valence-electron chi connectivity index (χ0n) is 6.10. The Hall–Kier alpha value is -0.950. The van der Waals surface area contributed by atoms with Gasteiger partial charge in [-0.05, 0) is 20.7 Å². The zero-order chi connectivity index (χ0) is 9.14. The van der Waals surface area contributed by atoms with E-state index in [1.165, 1.54) is 0 Å². The standard InChI is InChI=1S/C5H5NO4S2/c1-2-3(7)10-6-4(8)11-12-5(6)9/h2H2,1H3. The van der Waals surface area contributed by atoms with Crippen molar-refractivity contribution in [2.45, 2.75) is 13.3 Å². The van der Waals surface area contributed by atoms with Gasteiger partial charge in [0, 0.05) is 6.42 Å². The molecule has 1 rings (SSSR count). The molecule has 0 aliphatic carbocycles. The number of carbonyl (C=O) groups excluding carboxylic acids is 1. The van der Waals surface area contributed by atoms with Crippen molar-refractivity contribution in [3.8, 4) is 0 Å². The number of carbonyl (C=O) groups is 1. The number of aromatic nitrogens is 1. The second-order valence-electron chi connectivity index (χ2n) is 1.81. The van der Waals surface area contributed by atoms with Gasteiger partial charge in [-0.2, -0.15) is 0 Å². The van der Waals surface area contributed by atoms with E-state index in [0.717, 1.165) is 20.7 Å². The van der Waals surface area contributed by atoms with Gasteiger partial charge in [-0.3, -0.25) is 9.59 Å². The van der Waals surface area contributed by atoms with Gasteiger partial charge in [0.1, 0.15) is 0 Å². The summed E-state index contributed by atoms with van der Waals surface area (Å²) in [5, 5.41) is 0. The first-order valence-electron chi connectivity index (χ1n) is 3.08. The summed E-state index contributed by atoms with van der Waals surface area (Å²) in [6, 6.07) is 0. The van der Waals surface area contributed by atoms with E-state index in [2.05, 4.69) is 4.84 Å². The molecule has 0 radical (unpaired) electrons. The molecule has 66 valence electrons. The second kappa shape index (κ2) is 3.63. The summed E-state index contributed by atoms with van der Waals surface area (Å²) in [6.07, 6.45) is 0.131. The molecule has 5 nitrogen and oxygen atoms in total. The highest BCUT2D eigenvalue weighted by Gasteiger charge is 2.08. The Bertz CT molecular complexity index is 359. The molecule has 0 atom stereocenters. The minimum Gasteiger partial charge on any atom is -0.328 e. The summed E-state index contributed by atoms with van der Waals surface area (Å²) in [6.45, 7) is 1.58. The van der Waals surface area contributed by atoms with Gasteiger partial charge in [0.2, 0.25) is 0 Å². The van der Waals surface area contributed by atoms with Crippen LogP contribution in [0, 0.1) is 0 Å². The molecule has 0 spiro atoms. The maximum absolute atomic E-state index is 10.8. The van der Waals surface area contributed by atoms with E-state index in [9.17, 15) is 14.4 Å². The van der Waals surface area contributed by atoms with Crippen LogP contribution in [0.25, 0.3) is 0 Å². The third kappa shape index (κ3) is 1.80. The molecule has 0 aromatic carbocycles. The third-order valence-electron chi connectivity index (χ3n) is 0.998. The number of hydrogen-bond acceptors (Lipinski definition) is 6. The highest BCUT2D eigenvalue weighted by Crippen LogP contribution is 1.89. The van der Waals surface area contributed by atoms with Gasteiger partial charge in [-0.1, -0.05) is 11.7 Å². The maximum Gasteiger partial charge on any atom is 0.354 e. The topological polar surface area (TPSA) is 65.4 Å². The number of nitrogens with zero attached hydrogens (tertiary/aromatic N) is 1. The predicted octanol–water partition coefficient (Wildman–Crippen LogP) is -0.303. The summed E-state index contributed by atoms with van der Waals surface area (Å²) in [7, 11) is 1.49. The Morgan fingerprint density at radius 1 is 1.42 bits per heavy atom. The van der Waals surface area contributed by atoms with Crippen LogP contribution in [-0.4, -0.2) is 10.7 Å². The van der Waals surface area contributed by atoms with Gasteiger partial charge in [-0.25, -0.2) is 4.79 Å². The first kappa shape index (κ1) is 9.14. The van der Waals surface area contributed by atoms with Crippen molar-refractivity contribution in [3.63, 3.8) is 0 Å². The van der Waals surface area contributed by atoms with E-state index >= 15 is 0 Å². The molecule has 0 aliphatic heterocycles. The predicted molar refractivity (Wildman–Crippen MR) is 44.6 cm³/mol. The van der Waals surface area contributed by atoms with Crippen molar-refractivity contribution >= 4 is 26.7 Å². The molecule has 1 aromatic rings. The summed E-state index contributed by atoms with van der Waals surface area (Å²) in [5.74, 6) is -0.597. The van der Waals surface area contributed by atoms with Gasteiger partial charge in [0.05, 0.1) is 0 Å². The molecular formula is C5H5NO4S2. The molecule has 0 N–H and O–H groups in total. The summed E-state index contributed by atoms with van der Waals surface area (Å²) in [4.78, 5) is 35.6. The van der Waals surface area contributed by atoms with Crippen LogP contribution in [0.4, 0.5) is 0 Å². The summed E-state index contributed by atoms with van der Waals surface area (Å²) in [5.41, 5.74) is 0. The lowest BCUT2D eigenvalue weighted by Gasteiger charge is -1.96. The maximum atomic E-state index is 10.8. The molecule has 0 unspecified atom stereocenters. The molecule has 0 amide bonds. The molecule has 0 fully saturated rings. The molecule has 0 aliphatic rings. The minimum absolute atomic E-state index is 0.131. The van der Waals surface area contributed by atoms with Crippen LogP contribution >= 0.6 is 20.7 Å². The van der Waals surface area contributed by atoms with Crippen LogP contribution in [0.15, 0.2) is 9.59 Å². The molecule has 7 heteroatoms.